The number of amides is 3. The Balaban J connectivity index is 0.00000136. The van der Waals surface area contributed by atoms with Gasteiger partial charge in [-0.3, -0.25) is 15.0 Å². The van der Waals surface area contributed by atoms with E-state index in [4.69, 9.17) is 21.0 Å². The molecule has 0 radical (unpaired) electrons. The predicted molar refractivity (Wildman–Crippen MR) is 179 cm³/mol. The lowest BCUT2D eigenvalue weighted by Gasteiger charge is -2.19. The Morgan fingerprint density at radius 3 is 1.91 bits per heavy atom. The number of hydrogen-bond acceptors (Lipinski definition) is 7. The highest BCUT2D eigenvalue weighted by Crippen LogP contribution is 2.27. The lowest BCUT2D eigenvalue weighted by atomic mass is 10.0. The Bertz CT molecular complexity index is 1790. The fraction of sp³-hybridized carbons (Fsp3) is 0.152. The summed E-state index contributed by atoms with van der Waals surface area (Å²) in [6, 6.07) is 27.0. The summed E-state index contributed by atoms with van der Waals surface area (Å²) < 4.78 is 23.2. The van der Waals surface area contributed by atoms with E-state index >= 15 is 0 Å². The van der Waals surface area contributed by atoms with Crippen molar-refractivity contribution in [3.05, 3.63) is 119 Å². The quantitative estimate of drug-likeness (QED) is 0.0899. The molecule has 13 heteroatoms. The monoisotopic (exact) mass is 644 g/mol. The maximum Gasteiger partial charge on any atom is 0.323 e. The average molecular weight is 645 g/mol. The highest BCUT2D eigenvalue weighted by atomic mass is 32.2. The highest BCUT2D eigenvalue weighted by molar-refractivity contribution is 7.90. The van der Waals surface area contributed by atoms with Crippen LogP contribution in [0.4, 0.5) is 21.9 Å². The Morgan fingerprint density at radius 2 is 1.37 bits per heavy atom. The van der Waals surface area contributed by atoms with Gasteiger partial charge in [-0.1, -0.05) is 36.4 Å². The molecule has 4 aromatic carbocycles. The molecule has 4 rings (SSSR count). The molecule has 4 aromatic rings. The molecule has 0 aliphatic heterocycles. The number of para-hydroxylation sites is 2. The van der Waals surface area contributed by atoms with Crippen molar-refractivity contribution in [2.45, 2.75) is 31.3 Å². The largest absolute Gasteiger partial charge is 0.481 e. The molecule has 0 aliphatic carbocycles. The van der Waals surface area contributed by atoms with Crippen LogP contribution < -0.4 is 27.0 Å². The third-order valence-electron chi connectivity index (χ3n) is 6.48. The van der Waals surface area contributed by atoms with E-state index in [0.29, 0.717) is 22.5 Å². The number of nitrogen functional groups attached to an aromatic ring is 1. The SMILES string of the molecule is CC(=O)O.CC(Nc1ccccc1NC(=O)Nc1ccc(C(=N)N)cc1)c1ccc(C(=O)NCc2ccc(S(C)(=O)=O)cc2)cc1. The fourth-order valence-corrected chi connectivity index (χ4v) is 4.74. The van der Waals surface area contributed by atoms with Crippen molar-refractivity contribution in [2.24, 2.45) is 5.73 Å². The van der Waals surface area contributed by atoms with Gasteiger partial charge in [0.15, 0.2) is 9.84 Å². The van der Waals surface area contributed by atoms with E-state index in [2.05, 4.69) is 21.3 Å². The van der Waals surface area contributed by atoms with Gasteiger partial charge in [-0.15, -0.1) is 0 Å². The van der Waals surface area contributed by atoms with Gasteiger partial charge in [-0.2, -0.15) is 0 Å². The van der Waals surface area contributed by atoms with E-state index in [1.54, 1.807) is 54.6 Å². The van der Waals surface area contributed by atoms with Crippen molar-refractivity contribution >= 4 is 50.6 Å². The van der Waals surface area contributed by atoms with Crippen LogP contribution in [0.5, 0.6) is 0 Å². The molecule has 46 heavy (non-hydrogen) atoms. The number of carboxylic acids is 1. The van der Waals surface area contributed by atoms with Crippen LogP contribution in [0.2, 0.25) is 0 Å². The van der Waals surface area contributed by atoms with Crippen molar-refractivity contribution in [3.63, 3.8) is 0 Å². The Kier molecular flexibility index (Phi) is 12.0. The second-order valence-electron chi connectivity index (χ2n) is 10.2. The van der Waals surface area contributed by atoms with Crippen molar-refractivity contribution in [2.75, 3.05) is 22.2 Å². The molecule has 1 unspecified atom stereocenters. The second-order valence-corrected chi connectivity index (χ2v) is 12.2. The van der Waals surface area contributed by atoms with Crippen LogP contribution in [0.15, 0.2) is 102 Å². The van der Waals surface area contributed by atoms with Crippen LogP contribution in [-0.4, -0.2) is 43.5 Å². The number of carboxylic acid groups (broad SMARTS) is 1. The summed E-state index contributed by atoms with van der Waals surface area (Å²) in [6.07, 6.45) is 1.15. The molecule has 0 bridgehead atoms. The van der Waals surface area contributed by atoms with Crippen molar-refractivity contribution < 1.29 is 27.9 Å². The van der Waals surface area contributed by atoms with E-state index in [0.717, 1.165) is 30.0 Å². The smallest absolute Gasteiger partial charge is 0.323 e. The van der Waals surface area contributed by atoms with Crippen molar-refractivity contribution in [1.82, 2.24) is 5.32 Å². The molecule has 0 fully saturated rings. The summed E-state index contributed by atoms with van der Waals surface area (Å²) >= 11 is 0. The molecule has 240 valence electrons. The summed E-state index contributed by atoms with van der Waals surface area (Å²) in [5.74, 6) is -1.12. The van der Waals surface area contributed by atoms with E-state index in [-0.39, 0.29) is 29.2 Å². The van der Waals surface area contributed by atoms with Crippen LogP contribution in [0.1, 0.15) is 46.9 Å². The number of hydrogen-bond donors (Lipinski definition) is 7. The topological polar surface area (TPSA) is 204 Å². The number of amidine groups is 1. The van der Waals surface area contributed by atoms with Gasteiger partial charge in [0.25, 0.3) is 11.9 Å². The van der Waals surface area contributed by atoms with E-state index in [1.807, 2.05) is 37.3 Å². The predicted octanol–water partition coefficient (Wildman–Crippen LogP) is 5.21. The summed E-state index contributed by atoms with van der Waals surface area (Å²) in [5.41, 5.74) is 10.1. The zero-order chi connectivity index (χ0) is 33.9. The molecule has 0 aromatic heterocycles. The zero-order valence-corrected chi connectivity index (χ0v) is 26.3. The molecule has 0 saturated heterocycles. The number of urea groups is 1. The number of carbonyl (C=O) groups excluding carboxylic acids is 2. The first kappa shape index (κ1) is 34.8. The summed E-state index contributed by atoms with van der Waals surface area (Å²) in [4.78, 5) is 34.5. The Labute approximate surface area is 267 Å². The number of nitrogens with one attached hydrogen (secondary N) is 5. The van der Waals surface area contributed by atoms with Crippen molar-refractivity contribution in [1.29, 1.82) is 5.41 Å². The summed E-state index contributed by atoms with van der Waals surface area (Å²) in [7, 11) is -3.27. The van der Waals surface area contributed by atoms with Gasteiger partial charge < -0.3 is 32.1 Å². The molecule has 8 N–H and O–H groups in total. The van der Waals surface area contributed by atoms with E-state index in [9.17, 15) is 18.0 Å². The molecular formula is C33H36N6O6S. The minimum absolute atomic E-state index is 0.0471. The highest BCUT2D eigenvalue weighted by Gasteiger charge is 2.13. The van der Waals surface area contributed by atoms with Crippen LogP contribution >= 0.6 is 0 Å². The number of anilines is 3. The second kappa shape index (κ2) is 15.9. The van der Waals surface area contributed by atoms with Crippen LogP contribution in [0.3, 0.4) is 0 Å². The molecule has 0 spiro atoms. The minimum atomic E-state index is -3.27. The number of benzene rings is 4. The van der Waals surface area contributed by atoms with Gasteiger partial charge >= 0.3 is 6.03 Å². The maximum absolute atomic E-state index is 12.7. The Hall–Kier alpha value is -5.69. The minimum Gasteiger partial charge on any atom is -0.481 e. The zero-order valence-electron chi connectivity index (χ0n) is 25.5. The third kappa shape index (κ3) is 10.8. The van der Waals surface area contributed by atoms with Crippen LogP contribution in [-0.2, 0) is 21.2 Å². The Morgan fingerprint density at radius 1 is 0.826 bits per heavy atom. The van der Waals surface area contributed by atoms with Crippen LogP contribution in [0, 0.1) is 5.41 Å². The molecular weight excluding hydrogens is 608 g/mol. The van der Waals surface area contributed by atoms with Gasteiger partial charge in [0.2, 0.25) is 0 Å². The third-order valence-corrected chi connectivity index (χ3v) is 7.61. The van der Waals surface area contributed by atoms with Crippen LogP contribution in [0.25, 0.3) is 0 Å². The van der Waals surface area contributed by atoms with E-state index < -0.39 is 21.8 Å². The first-order valence-corrected chi connectivity index (χ1v) is 15.9. The lowest BCUT2D eigenvalue weighted by Crippen LogP contribution is -2.23. The van der Waals surface area contributed by atoms with Crippen molar-refractivity contribution in [3.8, 4) is 0 Å². The first-order chi connectivity index (χ1) is 21.7. The molecule has 12 nitrogen and oxygen atoms in total. The van der Waals surface area contributed by atoms with Gasteiger partial charge in [0.1, 0.15) is 5.84 Å². The fourth-order valence-electron chi connectivity index (χ4n) is 4.11. The molecule has 0 aliphatic rings. The van der Waals surface area contributed by atoms with Gasteiger partial charge in [-0.05, 0) is 78.7 Å². The van der Waals surface area contributed by atoms with E-state index in [1.165, 1.54) is 12.1 Å². The molecule has 0 saturated carbocycles. The number of sulfone groups is 1. The first-order valence-electron chi connectivity index (χ1n) is 14.0. The number of aliphatic carboxylic acids is 1. The lowest BCUT2D eigenvalue weighted by molar-refractivity contribution is -0.134. The number of carbonyl (C=O) groups is 3. The standard InChI is InChI=1S/C31H32N6O4S.C2H4O2/c1-20(22-9-11-24(12-10-22)30(38)34-19-21-7-17-26(18-8-21)42(2,40)41)35-27-5-3-4-6-28(27)37-31(39)36-25-15-13-23(14-16-25)29(32)33;1-2(3)4/h3-18,20,35H,19H2,1-2H3,(H3,32,33)(H,34,38)(H2,36,37,39);1H3,(H,3,4). The van der Waals surface area contributed by atoms with Gasteiger partial charge in [0.05, 0.1) is 16.3 Å². The molecule has 3 amide bonds. The number of nitrogens with two attached hydrogens (primary N) is 1. The number of rotatable bonds is 10. The summed E-state index contributed by atoms with van der Waals surface area (Å²) in [6.45, 7) is 3.33. The van der Waals surface area contributed by atoms with Gasteiger partial charge in [-0.25, -0.2) is 13.2 Å². The molecule has 1 atom stereocenters. The average Bonchev–Trinajstić information content (AvgIpc) is 3.00. The molecule has 0 heterocycles. The maximum atomic E-state index is 12.7. The summed E-state index contributed by atoms with van der Waals surface area (Å²) in [5, 5.41) is 26.8. The van der Waals surface area contributed by atoms with Gasteiger partial charge in [0, 0.05) is 42.6 Å². The normalized spacial score (nSPS) is 11.2.